The third-order valence-electron chi connectivity index (χ3n) is 3.19. The molecule has 6 nitrogen and oxygen atoms in total. The molecule has 118 valence electrons. The van der Waals surface area contributed by atoms with Crippen molar-refractivity contribution in [2.24, 2.45) is 10.2 Å². The summed E-state index contributed by atoms with van der Waals surface area (Å²) >= 11 is 5.08. The molecule has 0 bridgehead atoms. The maximum Gasteiger partial charge on any atom is 0.220 e. The first-order valence-corrected chi connectivity index (χ1v) is 7.58. The number of fused-ring (bicyclic) bond motifs is 1. The van der Waals surface area contributed by atoms with Crippen LogP contribution in [0.2, 0.25) is 0 Å². The van der Waals surface area contributed by atoms with Crippen LogP contribution >= 0.6 is 12.2 Å². The van der Waals surface area contributed by atoms with Gasteiger partial charge in [0.05, 0.1) is 12.1 Å². The summed E-state index contributed by atoms with van der Waals surface area (Å²) in [6.07, 6.45) is 0.916. The van der Waals surface area contributed by atoms with Crippen LogP contribution in [0.4, 0.5) is 5.69 Å². The van der Waals surface area contributed by atoms with E-state index in [-0.39, 0.29) is 11.0 Å². The Morgan fingerprint density at radius 1 is 1.41 bits per heavy atom. The molecule has 2 rings (SSSR count). The molecule has 1 aromatic carbocycles. The Morgan fingerprint density at radius 2 is 2.18 bits per heavy atom. The Bertz CT molecular complexity index is 681. The lowest BCUT2D eigenvalue weighted by Crippen LogP contribution is -2.23. The zero-order valence-corrected chi connectivity index (χ0v) is 13.6. The number of aromatic nitrogens is 1. The summed E-state index contributed by atoms with van der Waals surface area (Å²) in [7, 11) is 1.62. The topological polar surface area (TPSA) is 71.1 Å². The van der Waals surface area contributed by atoms with Crippen LogP contribution in [0.25, 0.3) is 10.9 Å². The van der Waals surface area contributed by atoms with Gasteiger partial charge in [0.1, 0.15) is 0 Å². The molecule has 2 N–H and O–H groups in total. The highest BCUT2D eigenvalue weighted by Crippen LogP contribution is 2.38. The van der Waals surface area contributed by atoms with Gasteiger partial charge in [-0.05, 0) is 24.7 Å². The predicted octanol–water partition coefficient (Wildman–Crippen LogP) is 3.36. The minimum atomic E-state index is 0.117. The molecular formula is C15H20N4O2S. The van der Waals surface area contributed by atoms with Crippen molar-refractivity contribution in [2.75, 3.05) is 20.3 Å². The number of rotatable bonds is 6. The Hall–Kier alpha value is -1.99. The number of nitrogens with one attached hydrogen (secondary N) is 1. The summed E-state index contributed by atoms with van der Waals surface area (Å²) < 4.78 is 6.76. The van der Waals surface area contributed by atoms with Crippen molar-refractivity contribution in [1.82, 2.24) is 9.88 Å². The summed E-state index contributed by atoms with van der Waals surface area (Å²) in [5.41, 5.74) is 1.38. The second-order valence-corrected chi connectivity index (χ2v) is 5.15. The van der Waals surface area contributed by atoms with Crippen molar-refractivity contribution in [3.8, 4) is 5.88 Å². The Kier molecular flexibility index (Phi) is 5.85. The van der Waals surface area contributed by atoms with E-state index in [0.29, 0.717) is 18.8 Å². The molecule has 0 amide bonds. The first-order chi connectivity index (χ1) is 10.7. The quantitative estimate of drug-likeness (QED) is 0.486. The Labute approximate surface area is 134 Å². The Morgan fingerprint density at radius 3 is 2.91 bits per heavy atom. The molecule has 0 atom stereocenters. The van der Waals surface area contributed by atoms with Gasteiger partial charge in [0.25, 0.3) is 0 Å². The van der Waals surface area contributed by atoms with Crippen LogP contribution in [0.5, 0.6) is 5.88 Å². The van der Waals surface area contributed by atoms with Gasteiger partial charge in [-0.15, -0.1) is 10.2 Å². The highest BCUT2D eigenvalue weighted by Gasteiger charge is 2.15. The van der Waals surface area contributed by atoms with E-state index in [1.54, 1.807) is 7.11 Å². The van der Waals surface area contributed by atoms with E-state index in [2.05, 4.69) is 22.5 Å². The van der Waals surface area contributed by atoms with E-state index < -0.39 is 0 Å². The maximum absolute atomic E-state index is 10.4. The van der Waals surface area contributed by atoms with Gasteiger partial charge in [0.15, 0.2) is 5.69 Å². The highest BCUT2D eigenvalue weighted by atomic mass is 32.1. The van der Waals surface area contributed by atoms with Crippen LogP contribution in [0, 0.1) is 0 Å². The summed E-state index contributed by atoms with van der Waals surface area (Å²) in [6.45, 7) is 3.89. The number of thiocarbonyl (C=S) groups is 1. The van der Waals surface area contributed by atoms with Gasteiger partial charge in [0, 0.05) is 25.6 Å². The highest BCUT2D eigenvalue weighted by molar-refractivity contribution is 7.80. The first-order valence-electron chi connectivity index (χ1n) is 7.17. The first kappa shape index (κ1) is 16.4. The van der Waals surface area contributed by atoms with Crippen LogP contribution < -0.4 is 5.32 Å². The third-order valence-corrected chi connectivity index (χ3v) is 3.41. The second-order valence-electron chi connectivity index (χ2n) is 4.77. The van der Waals surface area contributed by atoms with Crippen molar-refractivity contribution >= 4 is 33.9 Å². The second kappa shape index (κ2) is 7.86. The van der Waals surface area contributed by atoms with Crippen LogP contribution in [0.3, 0.4) is 0 Å². The molecule has 22 heavy (non-hydrogen) atoms. The van der Waals surface area contributed by atoms with E-state index in [1.807, 2.05) is 28.8 Å². The average Bonchev–Trinajstić information content (AvgIpc) is 2.79. The fourth-order valence-corrected chi connectivity index (χ4v) is 2.35. The van der Waals surface area contributed by atoms with Crippen molar-refractivity contribution < 1.29 is 9.84 Å². The zero-order chi connectivity index (χ0) is 15.9. The van der Waals surface area contributed by atoms with Crippen molar-refractivity contribution in [2.45, 2.75) is 19.9 Å². The van der Waals surface area contributed by atoms with Gasteiger partial charge in [-0.1, -0.05) is 25.1 Å². The molecule has 0 fully saturated rings. The predicted molar refractivity (Wildman–Crippen MR) is 90.9 cm³/mol. The lowest BCUT2D eigenvalue weighted by molar-refractivity contribution is 0.204. The summed E-state index contributed by atoms with van der Waals surface area (Å²) in [4.78, 5) is 0. The average molecular weight is 320 g/mol. The fraction of sp³-hybridized carbons (Fsp3) is 0.400. The number of benzene rings is 1. The number of hydrogen-bond donors (Lipinski definition) is 2. The van der Waals surface area contributed by atoms with Gasteiger partial charge < -0.3 is 19.7 Å². The molecule has 1 heterocycles. The Balaban J connectivity index is 2.27. The molecule has 0 unspecified atom stereocenters. The summed E-state index contributed by atoms with van der Waals surface area (Å²) in [5, 5.41) is 22.5. The monoisotopic (exact) mass is 320 g/mol. The number of aromatic hydroxyl groups is 1. The third kappa shape index (κ3) is 3.61. The van der Waals surface area contributed by atoms with Gasteiger partial charge in [-0.2, -0.15) is 0 Å². The van der Waals surface area contributed by atoms with Crippen molar-refractivity contribution in [1.29, 1.82) is 0 Å². The van der Waals surface area contributed by atoms with Crippen LogP contribution in [-0.4, -0.2) is 35.0 Å². The number of aryl methyl sites for hydroxylation is 1. The van der Waals surface area contributed by atoms with Gasteiger partial charge in [-0.3, -0.25) is 0 Å². The SMILES string of the molecule is CCCn1c(O)c(N=NC(=S)NCCOC)c2ccccc21. The molecule has 0 radical (unpaired) electrons. The molecule has 0 spiro atoms. The molecular weight excluding hydrogens is 300 g/mol. The molecule has 0 saturated heterocycles. The summed E-state index contributed by atoms with van der Waals surface area (Å²) in [6, 6.07) is 7.72. The molecule has 2 aromatic rings. The van der Waals surface area contributed by atoms with Crippen molar-refractivity contribution in [3.05, 3.63) is 24.3 Å². The number of hydrogen-bond acceptors (Lipinski definition) is 4. The molecule has 0 aliphatic carbocycles. The number of azo groups is 1. The van der Waals surface area contributed by atoms with Gasteiger partial charge in [-0.25, -0.2) is 0 Å². The van der Waals surface area contributed by atoms with Crippen LogP contribution in [0.15, 0.2) is 34.5 Å². The maximum atomic E-state index is 10.4. The number of methoxy groups -OCH3 is 1. The van der Waals surface area contributed by atoms with Gasteiger partial charge >= 0.3 is 0 Å². The molecule has 0 aliphatic heterocycles. The van der Waals surface area contributed by atoms with Crippen LogP contribution in [0.1, 0.15) is 13.3 Å². The van der Waals surface area contributed by atoms with Crippen LogP contribution in [-0.2, 0) is 11.3 Å². The zero-order valence-electron chi connectivity index (χ0n) is 12.7. The van der Waals surface area contributed by atoms with E-state index in [9.17, 15) is 5.11 Å². The number of para-hydroxylation sites is 1. The lowest BCUT2D eigenvalue weighted by atomic mass is 10.2. The van der Waals surface area contributed by atoms with E-state index in [0.717, 1.165) is 23.9 Å². The number of ether oxygens (including phenoxy) is 1. The molecule has 1 aromatic heterocycles. The van der Waals surface area contributed by atoms with E-state index >= 15 is 0 Å². The molecule has 7 heteroatoms. The minimum absolute atomic E-state index is 0.117. The number of nitrogens with zero attached hydrogens (tertiary/aromatic N) is 3. The normalized spacial score (nSPS) is 11.4. The lowest BCUT2D eigenvalue weighted by Gasteiger charge is -2.03. The summed E-state index contributed by atoms with van der Waals surface area (Å²) in [5.74, 6) is 0.117. The fourth-order valence-electron chi connectivity index (χ4n) is 2.21. The van der Waals surface area contributed by atoms with Gasteiger partial charge in [0.2, 0.25) is 11.0 Å². The van der Waals surface area contributed by atoms with E-state index in [1.165, 1.54) is 0 Å². The molecule has 0 saturated carbocycles. The minimum Gasteiger partial charge on any atom is -0.493 e. The smallest absolute Gasteiger partial charge is 0.220 e. The molecule has 0 aliphatic rings. The largest absolute Gasteiger partial charge is 0.493 e. The van der Waals surface area contributed by atoms with Crippen molar-refractivity contribution in [3.63, 3.8) is 0 Å². The van der Waals surface area contributed by atoms with E-state index in [4.69, 9.17) is 17.0 Å². The standard InChI is InChI=1S/C15H20N4O2S/c1-3-9-19-12-7-5-4-6-11(12)13(14(19)20)17-18-15(22)16-8-10-21-2/h4-7,20H,3,8-10H2,1-2H3,(H,16,22).